The van der Waals surface area contributed by atoms with E-state index in [1.807, 2.05) is 11.3 Å². The summed E-state index contributed by atoms with van der Waals surface area (Å²) in [4.78, 5) is 15.5. The average molecular weight is 332 g/mol. The van der Waals surface area contributed by atoms with E-state index in [0.717, 1.165) is 4.57 Å². The van der Waals surface area contributed by atoms with Gasteiger partial charge in [-0.05, 0) is 37.4 Å². The summed E-state index contributed by atoms with van der Waals surface area (Å²) in [7, 11) is 0. The van der Waals surface area contributed by atoms with E-state index < -0.39 is 35.9 Å². The molecule has 5 atom stereocenters. The molecule has 1 aromatic rings. The van der Waals surface area contributed by atoms with Gasteiger partial charge in [0.2, 0.25) is 5.67 Å². The molecule has 1 fully saturated rings. The number of aliphatic hydroxyl groups is 2. The van der Waals surface area contributed by atoms with Crippen LogP contribution in [0.4, 0.5) is 10.2 Å². The molecule has 0 bridgehead atoms. The second kappa shape index (κ2) is 5.85. The summed E-state index contributed by atoms with van der Waals surface area (Å²) in [5.41, 5.74) is 2.18. The monoisotopic (exact) mass is 331 g/mol. The topological polar surface area (TPSA) is 111 Å². The van der Waals surface area contributed by atoms with Gasteiger partial charge in [0.15, 0.2) is 6.23 Å². The van der Waals surface area contributed by atoms with Gasteiger partial charge in [-0.1, -0.05) is 0 Å². The Morgan fingerprint density at radius 2 is 2.32 bits per heavy atom. The first-order valence-electron chi connectivity index (χ1n) is 6.41. The predicted octanol–water partition coefficient (Wildman–Crippen LogP) is -0.319. The molecule has 0 amide bonds. The van der Waals surface area contributed by atoms with Crippen molar-refractivity contribution in [3.63, 3.8) is 0 Å². The molecule has 1 unspecified atom stereocenters. The van der Waals surface area contributed by atoms with E-state index in [9.17, 15) is 15.0 Å². The van der Waals surface area contributed by atoms with Gasteiger partial charge in [0, 0.05) is 11.1 Å². The summed E-state index contributed by atoms with van der Waals surface area (Å²) in [5, 5.41) is 21.6. The van der Waals surface area contributed by atoms with Gasteiger partial charge in [-0.2, -0.15) is 4.98 Å². The number of nitrogens with zero attached hydrogens (tertiary/aromatic N) is 2. The van der Waals surface area contributed by atoms with Gasteiger partial charge in [0.1, 0.15) is 18.0 Å². The molecule has 1 saturated heterocycles. The smallest absolute Gasteiger partial charge is 0.351 e. The minimum Gasteiger partial charge on any atom is -0.391 e. The Kier molecular flexibility index (Phi) is 4.44. The lowest BCUT2D eigenvalue weighted by molar-refractivity contribution is -0.0808. The molecule has 0 spiro atoms. The number of aliphatic hydroxyl groups excluding tert-OH is 2. The van der Waals surface area contributed by atoms with Crippen LogP contribution in [0.1, 0.15) is 18.8 Å². The van der Waals surface area contributed by atoms with Crippen LogP contribution < -0.4 is 11.4 Å². The van der Waals surface area contributed by atoms with Crippen molar-refractivity contribution in [3.05, 3.63) is 22.2 Å². The quantitative estimate of drug-likeness (QED) is 0.641. The molecule has 2 rings (SSSR count). The fourth-order valence-corrected chi connectivity index (χ4v) is 2.60. The van der Waals surface area contributed by atoms with Crippen LogP contribution in [0.15, 0.2) is 10.9 Å². The van der Waals surface area contributed by atoms with Crippen molar-refractivity contribution in [2.45, 2.75) is 44.1 Å². The average Bonchev–Trinajstić information content (AvgIpc) is 2.63. The molecule has 7 nitrogen and oxygen atoms in total. The highest BCUT2D eigenvalue weighted by molar-refractivity contribution is 6.30. The maximum Gasteiger partial charge on any atom is 0.351 e. The van der Waals surface area contributed by atoms with E-state index in [2.05, 4.69) is 4.98 Å². The second-order valence-corrected chi connectivity index (χ2v) is 5.29. The molecule has 1 aliphatic rings. The summed E-state index contributed by atoms with van der Waals surface area (Å²) >= 11 is 5.27. The Balaban J connectivity index is 2.62. The Bertz CT molecular complexity index is 699. The number of halogens is 2. The van der Waals surface area contributed by atoms with Crippen molar-refractivity contribution < 1.29 is 19.3 Å². The molecule has 4 N–H and O–H groups in total. The Hall–Kier alpha value is -1.66. The van der Waals surface area contributed by atoms with Crippen LogP contribution in [0.5, 0.6) is 0 Å². The standard InChI is InChI=1S/C13H15ClFN3O4/c1-6-5-8(16)17-12(21)18(6)11-13(15,3-4-14)10(20)9(22-11)7(2)19/h5,7,9-11,19-20H,1-2H3,(H2,16,17,21)/t7-,9-,10?,11-,13-/m1/s1. The highest BCUT2D eigenvalue weighted by Crippen LogP contribution is 2.42. The minimum atomic E-state index is -2.68. The summed E-state index contributed by atoms with van der Waals surface area (Å²) in [6.45, 7) is 2.82. The van der Waals surface area contributed by atoms with Crippen LogP contribution in [0.2, 0.25) is 0 Å². The lowest BCUT2D eigenvalue weighted by Crippen LogP contribution is -2.45. The van der Waals surface area contributed by atoms with E-state index in [4.69, 9.17) is 22.1 Å². The van der Waals surface area contributed by atoms with Gasteiger partial charge < -0.3 is 20.7 Å². The van der Waals surface area contributed by atoms with Gasteiger partial charge in [0.05, 0.1) is 6.10 Å². The summed E-state index contributed by atoms with van der Waals surface area (Å²) in [6.07, 6.45) is -5.89. The van der Waals surface area contributed by atoms with Crippen molar-refractivity contribution in [2.24, 2.45) is 0 Å². The molecular formula is C13H15ClFN3O4. The molecule has 0 radical (unpaired) electrons. The number of nitrogens with two attached hydrogens (primary N) is 1. The number of ether oxygens (including phenoxy) is 1. The minimum absolute atomic E-state index is 0.0303. The molecule has 9 heteroatoms. The molecular weight excluding hydrogens is 317 g/mol. The molecule has 120 valence electrons. The lowest BCUT2D eigenvalue weighted by atomic mass is 9.95. The van der Waals surface area contributed by atoms with E-state index in [0.29, 0.717) is 0 Å². The number of aryl methyl sites for hydroxylation is 1. The number of hydrogen-bond acceptors (Lipinski definition) is 6. The third-order valence-corrected chi connectivity index (χ3v) is 3.60. The lowest BCUT2D eigenvalue weighted by Gasteiger charge is -2.25. The zero-order valence-corrected chi connectivity index (χ0v) is 12.6. The second-order valence-electron chi connectivity index (χ2n) is 5.10. The van der Waals surface area contributed by atoms with Crippen molar-refractivity contribution in [2.75, 3.05) is 5.73 Å². The molecule has 2 heterocycles. The van der Waals surface area contributed by atoms with E-state index in [1.54, 1.807) is 0 Å². The fraction of sp³-hybridized carbons (Fsp3) is 0.538. The fourth-order valence-electron chi connectivity index (χ4n) is 2.46. The van der Waals surface area contributed by atoms with E-state index >= 15 is 4.39 Å². The maximum absolute atomic E-state index is 15.2. The van der Waals surface area contributed by atoms with Crippen LogP contribution in [0.25, 0.3) is 0 Å². The Morgan fingerprint density at radius 3 is 2.82 bits per heavy atom. The largest absolute Gasteiger partial charge is 0.391 e. The highest BCUT2D eigenvalue weighted by atomic mass is 35.5. The Labute approximate surface area is 130 Å². The summed E-state index contributed by atoms with van der Waals surface area (Å²) in [6, 6.07) is 1.35. The third-order valence-electron chi connectivity index (χ3n) is 3.50. The van der Waals surface area contributed by atoms with Gasteiger partial charge in [-0.15, -0.1) is 0 Å². The molecule has 1 aromatic heterocycles. The zero-order chi connectivity index (χ0) is 16.7. The number of hydrogen-bond donors (Lipinski definition) is 3. The number of aromatic nitrogens is 2. The van der Waals surface area contributed by atoms with Crippen molar-refractivity contribution >= 4 is 17.4 Å². The van der Waals surface area contributed by atoms with Crippen molar-refractivity contribution in [1.29, 1.82) is 0 Å². The first-order valence-corrected chi connectivity index (χ1v) is 6.79. The maximum atomic E-state index is 15.2. The number of rotatable bonds is 2. The first-order chi connectivity index (χ1) is 10.2. The van der Waals surface area contributed by atoms with Crippen LogP contribution in [0, 0.1) is 18.2 Å². The highest BCUT2D eigenvalue weighted by Gasteiger charge is 2.59. The van der Waals surface area contributed by atoms with Crippen LogP contribution in [0.3, 0.4) is 0 Å². The molecule has 22 heavy (non-hydrogen) atoms. The number of anilines is 1. The van der Waals surface area contributed by atoms with E-state index in [-0.39, 0.29) is 11.5 Å². The molecule has 0 saturated carbocycles. The summed E-state index contributed by atoms with van der Waals surface area (Å²) in [5.74, 6) is 1.99. The molecule has 0 aromatic carbocycles. The van der Waals surface area contributed by atoms with Crippen LogP contribution in [-0.2, 0) is 4.74 Å². The normalized spacial score (nSPS) is 32.4. The first kappa shape index (κ1) is 16.7. The SMILES string of the molecule is Cc1cc(N)nc(=O)n1[C@@H]1O[C@H]([C@@H](C)O)C(O)[C@]1(F)C#CCl. The zero-order valence-electron chi connectivity index (χ0n) is 11.8. The number of nitrogen functional groups attached to an aromatic ring is 1. The molecule has 1 aliphatic heterocycles. The van der Waals surface area contributed by atoms with Crippen LogP contribution in [-0.4, -0.2) is 43.7 Å². The molecule has 0 aliphatic carbocycles. The van der Waals surface area contributed by atoms with Crippen LogP contribution >= 0.6 is 11.6 Å². The summed E-state index contributed by atoms with van der Waals surface area (Å²) < 4.78 is 21.4. The van der Waals surface area contributed by atoms with Crippen molar-refractivity contribution in [3.8, 4) is 11.3 Å². The van der Waals surface area contributed by atoms with Gasteiger partial charge in [-0.3, -0.25) is 4.57 Å². The third kappa shape index (κ3) is 2.57. The van der Waals surface area contributed by atoms with Crippen molar-refractivity contribution in [1.82, 2.24) is 9.55 Å². The predicted molar refractivity (Wildman–Crippen MR) is 76.7 cm³/mol. The van der Waals surface area contributed by atoms with Gasteiger partial charge in [0.25, 0.3) is 0 Å². The van der Waals surface area contributed by atoms with E-state index in [1.165, 1.54) is 19.9 Å². The number of alkyl halides is 1. The van der Waals surface area contributed by atoms with Gasteiger partial charge >= 0.3 is 5.69 Å². The Morgan fingerprint density at radius 1 is 1.68 bits per heavy atom. The van der Waals surface area contributed by atoms with Gasteiger partial charge in [-0.25, -0.2) is 9.18 Å².